The van der Waals surface area contributed by atoms with Crippen molar-refractivity contribution in [1.82, 2.24) is 14.8 Å². The molecule has 0 bridgehead atoms. The van der Waals surface area contributed by atoms with Crippen molar-refractivity contribution in [3.8, 4) is 17.1 Å². The smallest absolute Gasteiger partial charge is 0.248 e. The summed E-state index contributed by atoms with van der Waals surface area (Å²) in [4.78, 5) is 16.8. The number of anilines is 1. The quantitative estimate of drug-likeness (QED) is 0.652. The van der Waals surface area contributed by atoms with Gasteiger partial charge < -0.3 is 15.8 Å². The van der Waals surface area contributed by atoms with Crippen molar-refractivity contribution in [2.75, 3.05) is 12.4 Å². The highest BCUT2D eigenvalue weighted by Gasteiger charge is 2.33. The number of benzene rings is 2. The lowest BCUT2D eigenvalue weighted by Crippen LogP contribution is -2.31. The van der Waals surface area contributed by atoms with E-state index < -0.39 is 11.9 Å². The summed E-state index contributed by atoms with van der Waals surface area (Å²) in [6, 6.07) is 11.9. The maximum Gasteiger partial charge on any atom is 0.248 e. The highest BCUT2D eigenvalue weighted by Crippen LogP contribution is 2.38. The van der Waals surface area contributed by atoms with Crippen LogP contribution in [0.2, 0.25) is 10.0 Å². The average Bonchev–Trinajstić information content (AvgIpc) is 3.09. The number of ether oxygens (including phenoxy) is 1. The Bertz CT molecular complexity index is 1160. The number of aromatic nitrogens is 3. The van der Waals surface area contributed by atoms with Crippen molar-refractivity contribution >= 4 is 35.1 Å². The molecule has 1 atom stereocenters. The number of amides is 1. The fraction of sp³-hybridized carbons (Fsp3) is 0.150. The van der Waals surface area contributed by atoms with Gasteiger partial charge in [-0.2, -0.15) is 4.98 Å². The van der Waals surface area contributed by atoms with Crippen LogP contribution in [0.5, 0.6) is 5.75 Å². The molecular formula is C20H17Cl2N5O2. The first-order chi connectivity index (χ1) is 13.9. The Morgan fingerprint density at radius 3 is 2.72 bits per heavy atom. The first-order valence-corrected chi connectivity index (χ1v) is 9.48. The van der Waals surface area contributed by atoms with Crippen molar-refractivity contribution < 1.29 is 9.53 Å². The Morgan fingerprint density at radius 2 is 2.03 bits per heavy atom. The molecule has 4 rings (SSSR count). The summed E-state index contributed by atoms with van der Waals surface area (Å²) >= 11 is 12.3. The average molecular weight is 430 g/mol. The third kappa shape index (κ3) is 3.43. The maximum absolute atomic E-state index is 12.3. The summed E-state index contributed by atoms with van der Waals surface area (Å²) < 4.78 is 6.96. The van der Waals surface area contributed by atoms with Crippen LogP contribution in [0.4, 0.5) is 5.95 Å². The van der Waals surface area contributed by atoms with Gasteiger partial charge >= 0.3 is 0 Å². The number of nitrogens with one attached hydrogen (secondary N) is 1. The molecular weight excluding hydrogens is 413 g/mol. The number of methoxy groups -OCH3 is 1. The van der Waals surface area contributed by atoms with Crippen molar-refractivity contribution in [2.45, 2.75) is 13.0 Å². The third-order valence-electron chi connectivity index (χ3n) is 4.70. The van der Waals surface area contributed by atoms with E-state index in [1.807, 2.05) is 24.3 Å². The highest BCUT2D eigenvalue weighted by atomic mass is 35.5. The monoisotopic (exact) mass is 429 g/mol. The zero-order valence-electron chi connectivity index (χ0n) is 15.6. The molecule has 148 valence electrons. The minimum absolute atomic E-state index is 0.393. The molecule has 0 spiro atoms. The summed E-state index contributed by atoms with van der Waals surface area (Å²) in [5.41, 5.74) is 8.13. The van der Waals surface area contributed by atoms with Crippen molar-refractivity contribution in [3.63, 3.8) is 0 Å². The lowest BCUT2D eigenvalue weighted by Gasteiger charge is -2.27. The molecule has 1 aliphatic heterocycles. The zero-order valence-corrected chi connectivity index (χ0v) is 17.1. The summed E-state index contributed by atoms with van der Waals surface area (Å²) in [6.45, 7) is 1.78. The SMILES string of the molecule is COc1cccc(C2C(C(N)=O)=C(C)Nc3nc(-c4ccc(Cl)cc4Cl)nn32)c1. The van der Waals surface area contributed by atoms with Crippen molar-refractivity contribution in [2.24, 2.45) is 5.73 Å². The largest absolute Gasteiger partial charge is 0.497 e. The topological polar surface area (TPSA) is 95.1 Å². The number of allylic oxidation sites excluding steroid dienone is 1. The number of nitrogens with zero attached hydrogens (tertiary/aromatic N) is 3. The van der Waals surface area contributed by atoms with Gasteiger partial charge in [0.2, 0.25) is 11.9 Å². The van der Waals surface area contributed by atoms with Gasteiger partial charge in [-0.1, -0.05) is 35.3 Å². The zero-order chi connectivity index (χ0) is 20.7. The lowest BCUT2D eigenvalue weighted by atomic mass is 9.95. The molecule has 2 heterocycles. The molecule has 0 saturated carbocycles. The molecule has 0 saturated heterocycles. The molecule has 0 fully saturated rings. The number of hydrogen-bond acceptors (Lipinski definition) is 5. The molecule has 1 aliphatic rings. The van der Waals surface area contributed by atoms with Crippen LogP contribution in [-0.2, 0) is 4.79 Å². The minimum atomic E-state index is -0.564. The molecule has 3 N–H and O–H groups in total. The minimum Gasteiger partial charge on any atom is -0.497 e. The van der Waals surface area contributed by atoms with E-state index in [0.29, 0.717) is 44.4 Å². The van der Waals surface area contributed by atoms with Gasteiger partial charge in [0.15, 0.2) is 5.82 Å². The number of hydrogen-bond donors (Lipinski definition) is 2. The highest BCUT2D eigenvalue weighted by molar-refractivity contribution is 6.36. The van der Waals surface area contributed by atoms with E-state index in [1.54, 1.807) is 36.9 Å². The number of primary amides is 1. The van der Waals surface area contributed by atoms with E-state index in [4.69, 9.17) is 33.7 Å². The molecule has 9 heteroatoms. The van der Waals surface area contributed by atoms with E-state index in [-0.39, 0.29) is 0 Å². The maximum atomic E-state index is 12.3. The predicted octanol–water partition coefficient (Wildman–Crippen LogP) is 4.03. The first kappa shape index (κ1) is 19.3. The van der Waals surface area contributed by atoms with Gasteiger partial charge in [-0.05, 0) is 42.8 Å². The summed E-state index contributed by atoms with van der Waals surface area (Å²) in [7, 11) is 1.58. The number of nitrogens with two attached hydrogens (primary N) is 1. The summed E-state index contributed by atoms with van der Waals surface area (Å²) in [5.74, 6) is 0.988. The Kier molecular flexibility index (Phi) is 4.94. The third-order valence-corrected chi connectivity index (χ3v) is 5.25. The number of carbonyl (C=O) groups excluding carboxylic acids is 1. The molecule has 7 nitrogen and oxygen atoms in total. The van der Waals surface area contributed by atoms with Gasteiger partial charge in [0.05, 0.1) is 17.7 Å². The van der Waals surface area contributed by atoms with Crippen LogP contribution in [0, 0.1) is 0 Å². The van der Waals surface area contributed by atoms with Crippen LogP contribution in [0.25, 0.3) is 11.4 Å². The number of rotatable bonds is 4. The van der Waals surface area contributed by atoms with E-state index in [2.05, 4.69) is 15.4 Å². The van der Waals surface area contributed by atoms with Crippen LogP contribution in [-0.4, -0.2) is 27.8 Å². The molecule has 0 radical (unpaired) electrons. The molecule has 1 unspecified atom stereocenters. The van der Waals surface area contributed by atoms with E-state index in [0.717, 1.165) is 5.56 Å². The fourth-order valence-corrected chi connectivity index (χ4v) is 3.87. The van der Waals surface area contributed by atoms with E-state index in [9.17, 15) is 4.79 Å². The van der Waals surface area contributed by atoms with Gasteiger partial charge in [0.1, 0.15) is 11.8 Å². The van der Waals surface area contributed by atoms with Gasteiger partial charge in [-0.3, -0.25) is 4.79 Å². The van der Waals surface area contributed by atoms with Crippen LogP contribution in [0.15, 0.2) is 53.7 Å². The second-order valence-corrected chi connectivity index (χ2v) is 7.38. The molecule has 0 aliphatic carbocycles. The van der Waals surface area contributed by atoms with E-state index >= 15 is 0 Å². The molecule has 3 aromatic rings. The van der Waals surface area contributed by atoms with E-state index in [1.165, 1.54) is 0 Å². The fourth-order valence-electron chi connectivity index (χ4n) is 3.37. The summed E-state index contributed by atoms with van der Waals surface area (Å²) in [6.07, 6.45) is 0. The number of carbonyl (C=O) groups is 1. The van der Waals surface area contributed by atoms with Gasteiger partial charge in [0, 0.05) is 16.3 Å². The second kappa shape index (κ2) is 7.42. The standard InChI is InChI=1S/C20H17Cl2N5O2/c1-10-16(18(23)28)17(11-4-3-5-13(8-11)29-2)27-20(24-10)25-19(26-27)14-7-6-12(21)9-15(14)22/h3-9,17H,1-2H3,(H2,23,28)(H,24,25,26). The molecule has 1 aromatic heterocycles. The normalized spacial score (nSPS) is 15.7. The molecule has 2 aromatic carbocycles. The molecule has 1 amide bonds. The van der Waals surface area contributed by atoms with Crippen LogP contribution in [0.1, 0.15) is 18.5 Å². The first-order valence-electron chi connectivity index (χ1n) is 8.72. The van der Waals surface area contributed by atoms with Gasteiger partial charge in [-0.25, -0.2) is 4.68 Å². The Morgan fingerprint density at radius 1 is 1.24 bits per heavy atom. The Labute approximate surface area is 177 Å². The second-order valence-electron chi connectivity index (χ2n) is 6.53. The Balaban J connectivity index is 1.89. The lowest BCUT2D eigenvalue weighted by molar-refractivity contribution is -0.115. The number of halogens is 2. The van der Waals surface area contributed by atoms with Gasteiger partial charge in [0.25, 0.3) is 0 Å². The van der Waals surface area contributed by atoms with Gasteiger partial charge in [-0.15, -0.1) is 5.10 Å². The predicted molar refractivity (Wildman–Crippen MR) is 112 cm³/mol. The Hall–Kier alpha value is -3.03. The number of fused-ring (bicyclic) bond motifs is 1. The van der Waals surface area contributed by atoms with Crippen LogP contribution < -0.4 is 15.8 Å². The summed E-state index contributed by atoms with van der Waals surface area (Å²) in [5, 5.41) is 8.68. The van der Waals surface area contributed by atoms with Crippen molar-refractivity contribution in [3.05, 3.63) is 69.3 Å². The van der Waals surface area contributed by atoms with Crippen molar-refractivity contribution in [1.29, 1.82) is 0 Å². The van der Waals surface area contributed by atoms with Crippen LogP contribution in [0.3, 0.4) is 0 Å². The van der Waals surface area contributed by atoms with Crippen LogP contribution >= 0.6 is 23.2 Å². The molecule has 29 heavy (non-hydrogen) atoms.